The van der Waals surface area contributed by atoms with Gasteiger partial charge in [0.15, 0.2) is 5.82 Å². The van der Waals surface area contributed by atoms with Crippen LogP contribution in [0.2, 0.25) is 0 Å². The van der Waals surface area contributed by atoms with E-state index < -0.39 is 0 Å². The number of benzene rings is 6. The molecule has 258 valence electrons. The van der Waals surface area contributed by atoms with Crippen molar-refractivity contribution in [2.24, 2.45) is 0 Å². The zero-order chi connectivity index (χ0) is 36.7. The van der Waals surface area contributed by atoms with Crippen LogP contribution in [0.4, 0.5) is 0 Å². The van der Waals surface area contributed by atoms with Gasteiger partial charge >= 0.3 is 0 Å². The summed E-state index contributed by atoms with van der Waals surface area (Å²) in [6.45, 7) is 2.05. The summed E-state index contributed by atoms with van der Waals surface area (Å²) >= 11 is 0. The maximum atomic E-state index is 5.19. The van der Waals surface area contributed by atoms with E-state index in [1.54, 1.807) is 0 Å². The Kier molecular flexibility index (Phi) is 7.96. The van der Waals surface area contributed by atoms with Gasteiger partial charge in [-0.3, -0.25) is 9.97 Å². The van der Waals surface area contributed by atoms with Crippen LogP contribution < -0.4 is 0 Å². The van der Waals surface area contributed by atoms with Crippen LogP contribution in [0.5, 0.6) is 0 Å². The lowest BCUT2D eigenvalue weighted by atomic mass is 9.97. The molecule has 0 aliphatic carbocycles. The smallest absolute Gasteiger partial charge is 0.160 e. The van der Waals surface area contributed by atoms with Crippen molar-refractivity contribution >= 4 is 32.7 Å². The van der Waals surface area contributed by atoms with E-state index in [0.29, 0.717) is 5.82 Å². The third kappa shape index (κ3) is 6.08. The van der Waals surface area contributed by atoms with Crippen molar-refractivity contribution in [2.75, 3.05) is 0 Å². The summed E-state index contributed by atoms with van der Waals surface area (Å²) in [4.78, 5) is 25.2. The van der Waals surface area contributed by atoms with Crippen molar-refractivity contribution in [1.82, 2.24) is 24.9 Å². The van der Waals surface area contributed by atoms with Crippen LogP contribution >= 0.6 is 0 Å². The van der Waals surface area contributed by atoms with Crippen molar-refractivity contribution in [3.63, 3.8) is 0 Å². The second kappa shape index (κ2) is 13.6. The minimum atomic E-state index is 0.667. The maximum Gasteiger partial charge on any atom is 0.160 e. The number of fused-ring (bicyclic) bond motifs is 4. The molecule has 0 aliphatic rings. The van der Waals surface area contributed by atoms with E-state index in [1.807, 2.05) is 48.7 Å². The maximum absolute atomic E-state index is 5.19. The lowest BCUT2D eigenvalue weighted by Crippen LogP contribution is -1.96. The number of rotatable bonds is 6. The molecule has 10 rings (SSSR count). The molecule has 4 aromatic heterocycles. The normalized spacial score (nSPS) is 11.4. The molecule has 55 heavy (non-hydrogen) atoms. The first-order chi connectivity index (χ1) is 27.1. The predicted octanol–water partition coefficient (Wildman–Crippen LogP) is 12.4. The molecule has 0 saturated carbocycles. The van der Waals surface area contributed by atoms with Gasteiger partial charge in [0.05, 0.1) is 33.6 Å². The number of nitrogens with zero attached hydrogens (tertiary/aromatic N) is 5. The molecule has 0 N–H and O–H groups in total. The third-order valence-electron chi connectivity index (χ3n) is 10.2. The summed E-state index contributed by atoms with van der Waals surface area (Å²) in [6.07, 6.45) is 1.85. The Bertz CT molecular complexity index is 3030. The first kappa shape index (κ1) is 32.3. The summed E-state index contributed by atoms with van der Waals surface area (Å²) in [7, 11) is 0. The molecule has 5 heteroatoms. The molecule has 10 aromatic rings. The molecule has 0 amide bonds. The molecule has 0 spiro atoms. The van der Waals surface area contributed by atoms with Crippen molar-refractivity contribution in [3.8, 4) is 67.4 Å². The van der Waals surface area contributed by atoms with E-state index in [-0.39, 0.29) is 0 Å². The van der Waals surface area contributed by atoms with Crippen LogP contribution in [0, 0.1) is 6.92 Å². The van der Waals surface area contributed by atoms with Gasteiger partial charge in [0.25, 0.3) is 0 Å². The summed E-state index contributed by atoms with van der Waals surface area (Å²) in [5.41, 5.74) is 14.8. The lowest BCUT2D eigenvalue weighted by Gasteiger charge is -2.13. The average Bonchev–Trinajstić information content (AvgIpc) is 3.26. The highest BCUT2D eigenvalue weighted by Crippen LogP contribution is 2.36. The number of aryl methyl sites for hydroxylation is 1. The molecule has 6 aromatic carbocycles. The van der Waals surface area contributed by atoms with E-state index >= 15 is 0 Å². The van der Waals surface area contributed by atoms with E-state index in [0.717, 1.165) is 100.0 Å². The number of pyridine rings is 3. The van der Waals surface area contributed by atoms with Gasteiger partial charge in [-0.1, -0.05) is 146 Å². The second-order valence-corrected chi connectivity index (χ2v) is 13.8. The van der Waals surface area contributed by atoms with Crippen LogP contribution in [0.15, 0.2) is 182 Å². The number of hydrogen-bond acceptors (Lipinski definition) is 5. The van der Waals surface area contributed by atoms with Gasteiger partial charge < -0.3 is 0 Å². The largest absolute Gasteiger partial charge is 0.256 e. The van der Waals surface area contributed by atoms with Gasteiger partial charge in [0, 0.05) is 55.9 Å². The highest BCUT2D eigenvalue weighted by atomic mass is 14.9. The van der Waals surface area contributed by atoms with Crippen molar-refractivity contribution in [2.45, 2.75) is 6.92 Å². The molecule has 0 aliphatic heterocycles. The Labute approximate surface area is 318 Å². The Hall–Kier alpha value is -7.37. The van der Waals surface area contributed by atoms with Crippen LogP contribution in [0.1, 0.15) is 5.69 Å². The van der Waals surface area contributed by atoms with Crippen molar-refractivity contribution < 1.29 is 0 Å². The Morgan fingerprint density at radius 3 is 1.75 bits per heavy atom. The van der Waals surface area contributed by atoms with Gasteiger partial charge in [-0.05, 0) is 53.9 Å². The zero-order valence-corrected chi connectivity index (χ0v) is 30.1. The third-order valence-corrected chi connectivity index (χ3v) is 10.2. The Morgan fingerprint density at radius 2 is 0.964 bits per heavy atom. The first-order valence-electron chi connectivity index (χ1n) is 18.4. The highest BCUT2D eigenvalue weighted by Gasteiger charge is 2.15. The Balaban J connectivity index is 1.06. The number of aromatic nitrogens is 5. The topological polar surface area (TPSA) is 64.5 Å². The lowest BCUT2D eigenvalue weighted by molar-refractivity contribution is 1.18. The molecule has 5 nitrogen and oxygen atoms in total. The van der Waals surface area contributed by atoms with Crippen LogP contribution in [-0.2, 0) is 0 Å². The van der Waals surface area contributed by atoms with Gasteiger partial charge in [0.2, 0.25) is 0 Å². The molecular weight excluding hydrogens is 671 g/mol. The first-order valence-corrected chi connectivity index (χ1v) is 18.4. The van der Waals surface area contributed by atoms with Gasteiger partial charge in [-0.2, -0.15) is 0 Å². The molecule has 0 saturated heterocycles. The fourth-order valence-electron chi connectivity index (χ4n) is 7.47. The van der Waals surface area contributed by atoms with E-state index in [2.05, 4.69) is 140 Å². The fourth-order valence-corrected chi connectivity index (χ4v) is 7.47. The van der Waals surface area contributed by atoms with E-state index in [4.69, 9.17) is 24.9 Å². The molecule has 0 bridgehead atoms. The molecule has 4 heterocycles. The van der Waals surface area contributed by atoms with Crippen LogP contribution in [-0.4, -0.2) is 24.9 Å². The minimum absolute atomic E-state index is 0.667. The average molecular weight is 704 g/mol. The van der Waals surface area contributed by atoms with Crippen LogP contribution in [0.3, 0.4) is 0 Å². The minimum Gasteiger partial charge on any atom is -0.256 e. The van der Waals surface area contributed by atoms with Gasteiger partial charge in [-0.25, -0.2) is 15.0 Å². The monoisotopic (exact) mass is 703 g/mol. The van der Waals surface area contributed by atoms with E-state index in [1.165, 1.54) is 0 Å². The number of hydrogen-bond donors (Lipinski definition) is 0. The standard InChI is InChI=1S/C50H33N5/c1-32-29-43(42-26-24-38-25-27-44(34-11-4-2-5-12-34)53-48(38)49(42)52-32)33-20-22-36(23-21-33)46-31-45(35-13-6-3-7-14-35)54-50(55-46)40-17-8-16-39(30-40)41-19-9-15-37-18-10-28-51-47(37)41/h2-31H,1H3. The second-order valence-electron chi connectivity index (χ2n) is 13.8. The summed E-state index contributed by atoms with van der Waals surface area (Å²) in [5.74, 6) is 0.667. The molecule has 0 radical (unpaired) electrons. The van der Waals surface area contributed by atoms with Gasteiger partial charge in [0.1, 0.15) is 0 Å². The summed E-state index contributed by atoms with van der Waals surface area (Å²) in [6, 6.07) is 60.9. The van der Waals surface area contributed by atoms with Crippen molar-refractivity contribution in [1.29, 1.82) is 0 Å². The van der Waals surface area contributed by atoms with Gasteiger partial charge in [-0.15, -0.1) is 0 Å². The molecule has 0 fully saturated rings. The quantitative estimate of drug-likeness (QED) is 0.161. The van der Waals surface area contributed by atoms with Crippen molar-refractivity contribution in [3.05, 3.63) is 188 Å². The zero-order valence-electron chi connectivity index (χ0n) is 30.1. The Morgan fingerprint density at radius 1 is 0.345 bits per heavy atom. The highest BCUT2D eigenvalue weighted by molar-refractivity contribution is 6.09. The molecular formula is C50H33N5. The summed E-state index contributed by atoms with van der Waals surface area (Å²) in [5, 5.41) is 3.25. The predicted molar refractivity (Wildman–Crippen MR) is 225 cm³/mol. The summed E-state index contributed by atoms with van der Waals surface area (Å²) < 4.78 is 0. The molecule has 0 atom stereocenters. The van der Waals surface area contributed by atoms with E-state index in [9.17, 15) is 0 Å². The molecule has 0 unspecified atom stereocenters. The van der Waals surface area contributed by atoms with Crippen LogP contribution in [0.25, 0.3) is 100 Å². The fraction of sp³-hybridized carbons (Fsp3) is 0.0200. The SMILES string of the molecule is Cc1cc(-c2ccc(-c3cc(-c4ccccc4)nc(-c4cccc(-c5cccc6cccnc56)c4)n3)cc2)c2ccc3ccc(-c4ccccc4)nc3c2n1. The number of para-hydroxylation sites is 1.